The van der Waals surface area contributed by atoms with Crippen LogP contribution in [0.25, 0.3) is 11.0 Å². The molecule has 1 aliphatic rings. The van der Waals surface area contributed by atoms with Gasteiger partial charge >= 0.3 is 0 Å². The number of hydrogen-bond donors (Lipinski definition) is 1. The first-order valence-electron chi connectivity index (χ1n) is 9.89. The van der Waals surface area contributed by atoms with Crippen molar-refractivity contribution < 1.29 is 14.4 Å². The summed E-state index contributed by atoms with van der Waals surface area (Å²) in [4.78, 5) is 47.3. The summed E-state index contributed by atoms with van der Waals surface area (Å²) in [5, 5.41) is 3.03. The number of carbonyl (C=O) groups is 3. The van der Waals surface area contributed by atoms with E-state index in [4.69, 9.17) is 4.98 Å². The number of nitrogens with zero attached hydrogens (tertiary/aromatic N) is 4. The Morgan fingerprint density at radius 3 is 2.53 bits per heavy atom. The molecule has 1 aromatic carbocycles. The molecular weight excluding hydrogens is 382 g/mol. The normalized spacial score (nSPS) is 14.5. The Morgan fingerprint density at radius 1 is 1.10 bits per heavy atom. The van der Waals surface area contributed by atoms with Crippen molar-refractivity contribution in [3.05, 3.63) is 59.7 Å². The maximum atomic E-state index is 12.7. The zero-order valence-corrected chi connectivity index (χ0v) is 17.1. The Bertz CT molecular complexity index is 1120. The maximum absolute atomic E-state index is 12.7. The molecule has 154 valence electrons. The molecule has 3 aromatic rings. The monoisotopic (exact) mass is 405 g/mol. The highest BCUT2D eigenvalue weighted by Crippen LogP contribution is 2.25. The average Bonchev–Trinajstić information content (AvgIpc) is 3.19. The van der Waals surface area contributed by atoms with Crippen molar-refractivity contribution in [1.82, 2.24) is 24.8 Å². The largest absolute Gasteiger partial charge is 0.346 e. The zero-order valence-electron chi connectivity index (χ0n) is 17.1. The molecule has 1 N–H and O–H groups in total. The minimum Gasteiger partial charge on any atom is -0.346 e. The topological polar surface area (TPSA) is 97.2 Å². The van der Waals surface area contributed by atoms with Crippen LogP contribution in [0.4, 0.5) is 0 Å². The van der Waals surface area contributed by atoms with Crippen LogP contribution >= 0.6 is 0 Å². The van der Waals surface area contributed by atoms with Crippen LogP contribution in [0.15, 0.2) is 42.7 Å². The molecule has 4 rings (SSSR count). The molecule has 0 unspecified atom stereocenters. The van der Waals surface area contributed by atoms with Gasteiger partial charge in [0.1, 0.15) is 5.82 Å². The number of benzene rings is 1. The second kappa shape index (κ2) is 7.70. The van der Waals surface area contributed by atoms with Gasteiger partial charge < -0.3 is 9.88 Å². The number of carbonyl (C=O) groups excluding carboxylic acids is 3. The summed E-state index contributed by atoms with van der Waals surface area (Å²) in [6.45, 7) is 4.05. The first-order chi connectivity index (χ1) is 14.4. The average molecular weight is 405 g/mol. The Hall–Kier alpha value is -3.55. The van der Waals surface area contributed by atoms with Gasteiger partial charge in [-0.2, -0.15) is 0 Å². The van der Waals surface area contributed by atoms with Crippen LogP contribution in [-0.4, -0.2) is 43.7 Å². The molecular formula is C22H23N5O3. The molecule has 30 heavy (non-hydrogen) atoms. The van der Waals surface area contributed by atoms with E-state index in [0.717, 1.165) is 21.8 Å². The third-order valence-electron chi connectivity index (χ3n) is 5.42. The van der Waals surface area contributed by atoms with Gasteiger partial charge in [-0.05, 0) is 24.1 Å². The van der Waals surface area contributed by atoms with Gasteiger partial charge in [0, 0.05) is 32.4 Å². The number of aryl methyl sites for hydroxylation is 1. The third kappa shape index (κ3) is 3.34. The molecule has 0 bridgehead atoms. The maximum Gasteiger partial charge on any atom is 0.263 e. The van der Waals surface area contributed by atoms with Gasteiger partial charge in [-0.3, -0.25) is 24.3 Å². The number of fused-ring (bicyclic) bond motifs is 2. The summed E-state index contributed by atoms with van der Waals surface area (Å²) in [5.41, 5.74) is 2.47. The SMILES string of the molecule is CC(C)[C@@H](NC(=O)CCN1C(=O)c2ccncc2C1=O)c1nc2ccccc2n1C. The fourth-order valence-electron chi connectivity index (χ4n) is 3.77. The lowest BCUT2D eigenvalue weighted by atomic mass is 10.0. The van der Waals surface area contributed by atoms with Crippen LogP contribution < -0.4 is 5.32 Å². The first kappa shape index (κ1) is 19.8. The minimum atomic E-state index is -0.410. The Balaban J connectivity index is 1.46. The lowest BCUT2D eigenvalue weighted by Gasteiger charge is -2.23. The van der Waals surface area contributed by atoms with E-state index in [9.17, 15) is 14.4 Å². The number of imide groups is 1. The van der Waals surface area contributed by atoms with Crippen molar-refractivity contribution >= 4 is 28.8 Å². The fourth-order valence-corrected chi connectivity index (χ4v) is 3.77. The van der Waals surface area contributed by atoms with E-state index < -0.39 is 5.91 Å². The number of pyridine rings is 1. The molecule has 2 aromatic heterocycles. The van der Waals surface area contributed by atoms with Gasteiger partial charge in [-0.1, -0.05) is 26.0 Å². The van der Waals surface area contributed by atoms with Crippen LogP contribution in [0, 0.1) is 5.92 Å². The van der Waals surface area contributed by atoms with Crippen molar-refractivity contribution in [2.45, 2.75) is 26.3 Å². The van der Waals surface area contributed by atoms with Crippen LogP contribution in [0.3, 0.4) is 0 Å². The fraction of sp³-hybridized carbons (Fsp3) is 0.318. The Kier molecular flexibility index (Phi) is 5.07. The van der Waals surface area contributed by atoms with E-state index in [2.05, 4.69) is 10.3 Å². The molecule has 0 radical (unpaired) electrons. The third-order valence-corrected chi connectivity index (χ3v) is 5.42. The molecule has 1 aliphatic heterocycles. The Morgan fingerprint density at radius 2 is 1.83 bits per heavy atom. The van der Waals surface area contributed by atoms with Crippen molar-refractivity contribution in [3.8, 4) is 0 Å². The molecule has 8 heteroatoms. The van der Waals surface area contributed by atoms with Crippen LogP contribution in [-0.2, 0) is 11.8 Å². The smallest absolute Gasteiger partial charge is 0.263 e. The summed E-state index contributed by atoms with van der Waals surface area (Å²) >= 11 is 0. The van der Waals surface area contributed by atoms with Crippen molar-refractivity contribution in [1.29, 1.82) is 0 Å². The molecule has 3 heterocycles. The Labute approximate surface area is 173 Å². The summed E-state index contributed by atoms with van der Waals surface area (Å²) in [6, 6.07) is 9.04. The number of imidazole rings is 1. The van der Waals surface area contributed by atoms with Gasteiger partial charge in [0.25, 0.3) is 11.8 Å². The van der Waals surface area contributed by atoms with Gasteiger partial charge in [0.05, 0.1) is 28.2 Å². The van der Waals surface area contributed by atoms with Gasteiger partial charge in [0.2, 0.25) is 5.91 Å². The summed E-state index contributed by atoms with van der Waals surface area (Å²) in [6.07, 6.45) is 2.88. The number of amides is 3. The molecule has 8 nitrogen and oxygen atoms in total. The first-order valence-corrected chi connectivity index (χ1v) is 9.89. The number of hydrogen-bond acceptors (Lipinski definition) is 5. The second-order valence-electron chi connectivity index (χ2n) is 7.74. The summed E-state index contributed by atoms with van der Waals surface area (Å²) < 4.78 is 1.98. The van der Waals surface area contributed by atoms with Crippen molar-refractivity contribution in [2.24, 2.45) is 13.0 Å². The lowest BCUT2D eigenvalue weighted by molar-refractivity contribution is -0.122. The quantitative estimate of drug-likeness (QED) is 0.636. The van der Waals surface area contributed by atoms with E-state index in [1.165, 1.54) is 18.5 Å². The molecule has 3 amide bonds. The van der Waals surface area contributed by atoms with E-state index in [0.29, 0.717) is 5.56 Å². The highest BCUT2D eigenvalue weighted by atomic mass is 16.2. The van der Waals surface area contributed by atoms with Gasteiger partial charge in [0.15, 0.2) is 0 Å². The molecule has 0 saturated carbocycles. The molecule has 0 fully saturated rings. The molecule has 0 saturated heterocycles. The number of para-hydroxylation sites is 2. The van der Waals surface area contributed by atoms with Crippen LogP contribution in [0.5, 0.6) is 0 Å². The van der Waals surface area contributed by atoms with E-state index in [1.807, 2.05) is 49.7 Å². The highest BCUT2D eigenvalue weighted by Gasteiger charge is 2.35. The second-order valence-corrected chi connectivity index (χ2v) is 7.74. The molecule has 1 atom stereocenters. The predicted molar refractivity (Wildman–Crippen MR) is 111 cm³/mol. The van der Waals surface area contributed by atoms with E-state index in [1.54, 1.807) is 0 Å². The van der Waals surface area contributed by atoms with Crippen LogP contribution in [0.1, 0.15) is 52.9 Å². The zero-order chi connectivity index (χ0) is 21.4. The summed E-state index contributed by atoms with van der Waals surface area (Å²) in [5.74, 6) is -0.163. The summed E-state index contributed by atoms with van der Waals surface area (Å²) in [7, 11) is 1.93. The number of nitrogens with one attached hydrogen (secondary N) is 1. The van der Waals surface area contributed by atoms with Gasteiger partial charge in [-0.15, -0.1) is 0 Å². The minimum absolute atomic E-state index is 0.0194. The van der Waals surface area contributed by atoms with E-state index in [-0.39, 0.29) is 42.3 Å². The van der Waals surface area contributed by atoms with E-state index >= 15 is 0 Å². The van der Waals surface area contributed by atoms with Crippen LogP contribution in [0.2, 0.25) is 0 Å². The molecule has 0 spiro atoms. The van der Waals surface area contributed by atoms with Gasteiger partial charge in [-0.25, -0.2) is 4.98 Å². The number of rotatable bonds is 6. The molecule has 0 aliphatic carbocycles. The van der Waals surface area contributed by atoms with Crippen molar-refractivity contribution in [2.75, 3.05) is 6.54 Å². The predicted octanol–water partition coefficient (Wildman–Crippen LogP) is 2.47. The standard InChI is InChI=1S/C22H23N5O3/c1-13(2)19(20-24-16-6-4-5-7-17(16)26(20)3)25-18(28)9-11-27-21(29)14-8-10-23-12-15(14)22(27)30/h4-8,10,12-13,19H,9,11H2,1-3H3,(H,25,28)/t19-/m1/s1. The highest BCUT2D eigenvalue weighted by molar-refractivity contribution is 6.21. The lowest BCUT2D eigenvalue weighted by Crippen LogP contribution is -2.37. The number of aromatic nitrogens is 3. The van der Waals surface area contributed by atoms with Crippen molar-refractivity contribution in [3.63, 3.8) is 0 Å².